The molecule has 0 amide bonds. The van der Waals surface area contributed by atoms with Gasteiger partial charge in [-0.1, -0.05) is 0 Å². The number of rotatable bonds is 2. The van der Waals surface area contributed by atoms with E-state index in [1.54, 1.807) is 0 Å². The first-order chi connectivity index (χ1) is 8.62. The third-order valence-corrected chi connectivity index (χ3v) is 2.77. The van der Waals surface area contributed by atoms with E-state index < -0.39 is 31.1 Å². The Balaban J connectivity index is 2.36. The molecule has 1 saturated heterocycles. The molecule has 0 saturated carbocycles. The number of terminal acetylenes is 1. The van der Waals surface area contributed by atoms with Crippen LogP contribution in [0, 0.1) is 23.7 Å². The second-order valence-electron chi connectivity index (χ2n) is 3.84. The molecule has 7 heteroatoms. The van der Waals surface area contributed by atoms with Crippen LogP contribution in [0.25, 0.3) is 0 Å². The second-order valence-corrected chi connectivity index (χ2v) is 3.84. The summed E-state index contributed by atoms with van der Waals surface area (Å²) in [6.07, 6.45) is 2.22. The largest absolute Gasteiger partial charge is 0.394 e. The molecule has 7 nitrogen and oxygen atoms in total. The summed E-state index contributed by atoms with van der Waals surface area (Å²) >= 11 is 0. The van der Waals surface area contributed by atoms with Gasteiger partial charge in [0.05, 0.1) is 6.61 Å². The van der Waals surface area contributed by atoms with Crippen LogP contribution in [-0.2, 0) is 4.74 Å². The summed E-state index contributed by atoms with van der Waals surface area (Å²) in [6, 6.07) is 1.82. The first-order valence-corrected chi connectivity index (χ1v) is 5.20. The molecular formula is C11H11N3O4. The zero-order chi connectivity index (χ0) is 13.3. The number of aromatic nitrogens is 2. The normalized spacial score (nSPS) is 30.9. The Morgan fingerprint density at radius 1 is 1.50 bits per heavy atom. The van der Waals surface area contributed by atoms with Crippen LogP contribution >= 0.6 is 0 Å². The summed E-state index contributed by atoms with van der Waals surface area (Å²) in [7, 11) is 0. The lowest BCUT2D eigenvalue weighted by atomic mass is 10.1. The van der Waals surface area contributed by atoms with Crippen LogP contribution in [-0.4, -0.2) is 49.8 Å². The van der Waals surface area contributed by atoms with E-state index in [1.807, 2.05) is 6.07 Å². The van der Waals surface area contributed by atoms with Gasteiger partial charge < -0.3 is 20.1 Å². The number of imidazole rings is 1. The molecule has 2 heterocycles. The minimum atomic E-state index is -1.25. The molecule has 1 aromatic rings. The van der Waals surface area contributed by atoms with Gasteiger partial charge in [-0.3, -0.25) is 4.57 Å². The zero-order valence-electron chi connectivity index (χ0n) is 9.26. The minimum Gasteiger partial charge on any atom is -0.394 e. The molecule has 0 radical (unpaired) electrons. The van der Waals surface area contributed by atoms with Crippen molar-refractivity contribution in [3.8, 4) is 18.4 Å². The highest BCUT2D eigenvalue weighted by Gasteiger charge is 2.44. The van der Waals surface area contributed by atoms with E-state index in [0.29, 0.717) is 0 Å². The van der Waals surface area contributed by atoms with Crippen LogP contribution in [0.5, 0.6) is 0 Å². The van der Waals surface area contributed by atoms with Crippen molar-refractivity contribution >= 4 is 0 Å². The van der Waals surface area contributed by atoms with E-state index in [-0.39, 0.29) is 11.5 Å². The Morgan fingerprint density at radius 2 is 2.22 bits per heavy atom. The van der Waals surface area contributed by atoms with Gasteiger partial charge in [0.2, 0.25) is 0 Å². The highest BCUT2D eigenvalue weighted by molar-refractivity contribution is 5.27. The van der Waals surface area contributed by atoms with Gasteiger partial charge in [-0.05, 0) is 5.92 Å². The Morgan fingerprint density at radius 3 is 2.72 bits per heavy atom. The molecule has 1 aromatic heterocycles. The van der Waals surface area contributed by atoms with Crippen LogP contribution in [0.15, 0.2) is 6.20 Å². The van der Waals surface area contributed by atoms with E-state index in [0.717, 1.165) is 0 Å². The number of aliphatic hydroxyl groups excluding tert-OH is 3. The Labute approximate surface area is 103 Å². The lowest BCUT2D eigenvalue weighted by Gasteiger charge is -2.16. The number of ether oxygens (including phenoxy) is 1. The standard InChI is InChI=1S/C11H11N3O4/c1-2-8-13-6(3-12)4-14(8)11-10(17)9(16)7(5-15)18-11/h1,4,7,9-11,15-17H,5H2/t7-,9-,10-,11-/m1/s1. The van der Waals surface area contributed by atoms with Crippen LogP contribution in [0.3, 0.4) is 0 Å². The maximum atomic E-state index is 9.83. The van der Waals surface area contributed by atoms with Crippen molar-refractivity contribution in [2.45, 2.75) is 24.5 Å². The lowest BCUT2D eigenvalue weighted by Crippen LogP contribution is -2.33. The van der Waals surface area contributed by atoms with Crippen LogP contribution in [0.1, 0.15) is 17.7 Å². The molecule has 1 fully saturated rings. The van der Waals surface area contributed by atoms with E-state index >= 15 is 0 Å². The molecule has 1 aliphatic rings. The van der Waals surface area contributed by atoms with Crippen molar-refractivity contribution in [2.75, 3.05) is 6.61 Å². The molecule has 0 bridgehead atoms. The van der Waals surface area contributed by atoms with Gasteiger partial charge in [-0.2, -0.15) is 5.26 Å². The Hall–Kier alpha value is -1.90. The minimum absolute atomic E-state index is 0.0840. The zero-order valence-corrected chi connectivity index (χ0v) is 9.26. The average molecular weight is 249 g/mol. The molecule has 18 heavy (non-hydrogen) atoms. The molecule has 0 spiro atoms. The van der Waals surface area contributed by atoms with Crippen LogP contribution < -0.4 is 0 Å². The van der Waals surface area contributed by atoms with Gasteiger partial charge >= 0.3 is 0 Å². The second kappa shape index (κ2) is 4.77. The number of nitrogens with zero attached hydrogens (tertiary/aromatic N) is 3. The Bertz CT molecular complexity index is 527. The monoisotopic (exact) mass is 249 g/mol. The highest BCUT2D eigenvalue weighted by atomic mass is 16.6. The van der Waals surface area contributed by atoms with E-state index in [4.69, 9.17) is 21.5 Å². The summed E-state index contributed by atoms with van der Waals surface area (Å²) in [5.74, 6) is 2.37. The van der Waals surface area contributed by atoms with Gasteiger partial charge in [0.1, 0.15) is 24.4 Å². The van der Waals surface area contributed by atoms with Crippen LogP contribution in [0.2, 0.25) is 0 Å². The van der Waals surface area contributed by atoms with Gasteiger partial charge in [-0.25, -0.2) is 4.98 Å². The fourth-order valence-corrected chi connectivity index (χ4v) is 1.86. The van der Waals surface area contributed by atoms with E-state index in [2.05, 4.69) is 10.9 Å². The quantitative estimate of drug-likeness (QED) is 0.541. The maximum absolute atomic E-state index is 9.83. The van der Waals surface area contributed by atoms with Crippen molar-refractivity contribution in [2.24, 2.45) is 0 Å². The van der Waals surface area contributed by atoms with Crippen molar-refractivity contribution in [3.05, 3.63) is 17.7 Å². The summed E-state index contributed by atoms with van der Waals surface area (Å²) in [5.41, 5.74) is 0.0840. The predicted octanol–water partition coefficient (Wildman–Crippen LogP) is -1.65. The first-order valence-electron chi connectivity index (χ1n) is 5.20. The molecule has 1 aliphatic heterocycles. The van der Waals surface area contributed by atoms with Crippen molar-refractivity contribution in [1.29, 1.82) is 5.26 Å². The molecule has 4 atom stereocenters. The van der Waals surface area contributed by atoms with E-state index in [9.17, 15) is 10.2 Å². The maximum Gasteiger partial charge on any atom is 0.188 e. The highest BCUT2D eigenvalue weighted by Crippen LogP contribution is 2.30. The average Bonchev–Trinajstić information content (AvgIpc) is 2.92. The van der Waals surface area contributed by atoms with E-state index in [1.165, 1.54) is 10.8 Å². The van der Waals surface area contributed by atoms with Gasteiger partial charge in [-0.15, -0.1) is 6.42 Å². The Kier molecular flexibility index (Phi) is 3.32. The third-order valence-electron chi connectivity index (χ3n) is 2.77. The smallest absolute Gasteiger partial charge is 0.188 e. The summed E-state index contributed by atoms with van der Waals surface area (Å²) < 4.78 is 6.58. The topological polar surface area (TPSA) is 112 Å². The van der Waals surface area contributed by atoms with Crippen LogP contribution in [0.4, 0.5) is 0 Å². The lowest BCUT2D eigenvalue weighted by molar-refractivity contribution is -0.0531. The predicted molar refractivity (Wildman–Crippen MR) is 57.9 cm³/mol. The molecule has 0 aliphatic carbocycles. The fraction of sp³-hybridized carbons (Fsp3) is 0.455. The fourth-order valence-electron chi connectivity index (χ4n) is 1.86. The molecule has 0 unspecified atom stereocenters. The van der Waals surface area contributed by atoms with Gasteiger partial charge in [0, 0.05) is 6.20 Å². The van der Waals surface area contributed by atoms with Gasteiger partial charge in [0.25, 0.3) is 0 Å². The SMILES string of the molecule is C#Cc1nc(C#N)cn1[C@@H]1O[C@H](CO)[C@@H](O)[C@H]1O. The number of aliphatic hydroxyl groups is 3. The van der Waals surface area contributed by atoms with Crippen molar-refractivity contribution in [3.63, 3.8) is 0 Å². The summed E-state index contributed by atoms with van der Waals surface area (Å²) in [6.45, 7) is -0.431. The number of nitriles is 1. The van der Waals surface area contributed by atoms with Crippen molar-refractivity contribution < 1.29 is 20.1 Å². The first kappa shape index (κ1) is 12.6. The molecule has 0 aromatic carbocycles. The molecule has 2 rings (SSSR count). The third kappa shape index (κ3) is 1.86. The summed E-state index contributed by atoms with van der Waals surface area (Å²) in [5, 5.41) is 37.2. The summed E-state index contributed by atoms with van der Waals surface area (Å²) in [4.78, 5) is 3.83. The molecular weight excluding hydrogens is 238 g/mol. The van der Waals surface area contributed by atoms with Gasteiger partial charge in [0.15, 0.2) is 17.7 Å². The molecule has 3 N–H and O–H groups in total. The van der Waals surface area contributed by atoms with Crippen molar-refractivity contribution in [1.82, 2.24) is 9.55 Å². The number of hydrogen-bond donors (Lipinski definition) is 3. The number of hydrogen-bond acceptors (Lipinski definition) is 6. The molecule has 94 valence electrons.